The van der Waals surface area contributed by atoms with Gasteiger partial charge in [-0.25, -0.2) is 8.42 Å². The van der Waals surface area contributed by atoms with Crippen molar-refractivity contribution in [3.8, 4) is 0 Å². The molecule has 0 radical (unpaired) electrons. The summed E-state index contributed by atoms with van der Waals surface area (Å²) in [6, 6.07) is 18.4. The largest absolute Gasteiger partial charge is 0.367 e. The molecule has 2 aliphatic rings. The molecule has 2 heterocycles. The average molecular weight is 356 g/mol. The molecule has 3 atom stereocenters. The maximum absolute atomic E-state index is 13.0. The fraction of sp³-hybridized carbons (Fsp3) is 0.300. The first-order valence-electron chi connectivity index (χ1n) is 8.34. The van der Waals surface area contributed by atoms with Crippen molar-refractivity contribution in [1.82, 2.24) is 0 Å². The van der Waals surface area contributed by atoms with E-state index in [1.165, 1.54) is 0 Å². The second-order valence-corrected chi connectivity index (χ2v) is 8.68. The van der Waals surface area contributed by atoms with Crippen LogP contribution in [0, 0.1) is 0 Å². The van der Waals surface area contributed by atoms with Gasteiger partial charge in [0, 0.05) is 6.42 Å². The Balaban J connectivity index is 1.58. The molecule has 1 fully saturated rings. The second kappa shape index (κ2) is 6.09. The maximum atomic E-state index is 13.0. The molecule has 0 unspecified atom stereocenters. The first kappa shape index (κ1) is 16.5. The molecule has 0 aromatic heterocycles. The number of sulfone groups is 1. The van der Waals surface area contributed by atoms with Crippen molar-refractivity contribution in [1.29, 1.82) is 0 Å². The topological polar surface area (TPSA) is 52.6 Å². The molecule has 2 bridgehead atoms. The van der Waals surface area contributed by atoms with Gasteiger partial charge in [0.1, 0.15) is 6.10 Å². The van der Waals surface area contributed by atoms with Gasteiger partial charge in [-0.3, -0.25) is 0 Å². The van der Waals surface area contributed by atoms with Crippen LogP contribution in [0.25, 0.3) is 0 Å². The molecule has 4 nitrogen and oxygen atoms in total. The Morgan fingerprint density at radius 2 is 1.72 bits per heavy atom. The number of hydrogen-bond donors (Lipinski definition) is 0. The van der Waals surface area contributed by atoms with E-state index in [0.717, 1.165) is 5.56 Å². The predicted molar refractivity (Wildman–Crippen MR) is 94.6 cm³/mol. The Morgan fingerprint density at radius 3 is 2.36 bits per heavy atom. The van der Waals surface area contributed by atoms with Crippen LogP contribution in [-0.4, -0.2) is 26.2 Å². The summed E-state index contributed by atoms with van der Waals surface area (Å²) < 4.78 is 38.0. The van der Waals surface area contributed by atoms with E-state index in [1.54, 1.807) is 36.4 Å². The van der Waals surface area contributed by atoms with Gasteiger partial charge in [0.05, 0.1) is 28.1 Å². The lowest BCUT2D eigenvalue weighted by atomic mass is 9.90. The summed E-state index contributed by atoms with van der Waals surface area (Å²) in [4.78, 5) is 0.619. The van der Waals surface area contributed by atoms with Crippen molar-refractivity contribution in [2.75, 3.05) is 0 Å². The van der Waals surface area contributed by atoms with Crippen molar-refractivity contribution < 1.29 is 17.9 Å². The Kier molecular flexibility index (Phi) is 4.02. The SMILES string of the molecule is C[C@]1(OCc2ccccc2)C[C@H]2C=C(S(=O)(=O)c3ccccc3)[C@@H]1O2. The lowest BCUT2D eigenvalue weighted by Crippen LogP contribution is -2.41. The van der Waals surface area contributed by atoms with Crippen molar-refractivity contribution in [3.05, 3.63) is 77.2 Å². The summed E-state index contributed by atoms with van der Waals surface area (Å²) in [6.07, 6.45) is 1.63. The third-order valence-corrected chi connectivity index (χ3v) is 6.72. The van der Waals surface area contributed by atoms with Crippen molar-refractivity contribution in [3.63, 3.8) is 0 Å². The van der Waals surface area contributed by atoms with E-state index in [0.29, 0.717) is 22.8 Å². The minimum absolute atomic E-state index is 0.209. The van der Waals surface area contributed by atoms with Gasteiger partial charge in [-0.15, -0.1) is 0 Å². The molecular formula is C20H20O4S. The third-order valence-electron chi connectivity index (χ3n) is 4.86. The average Bonchev–Trinajstić information content (AvgIpc) is 3.20. The lowest BCUT2D eigenvalue weighted by molar-refractivity contribution is -0.0719. The van der Waals surface area contributed by atoms with Gasteiger partial charge in [-0.05, 0) is 30.7 Å². The van der Waals surface area contributed by atoms with Crippen LogP contribution >= 0.6 is 0 Å². The highest BCUT2D eigenvalue weighted by molar-refractivity contribution is 7.95. The van der Waals surface area contributed by atoms with Crippen LogP contribution in [0.5, 0.6) is 0 Å². The normalized spacial score (nSPS) is 28.1. The molecular weight excluding hydrogens is 336 g/mol. The maximum Gasteiger partial charge on any atom is 0.205 e. The Morgan fingerprint density at radius 1 is 1.08 bits per heavy atom. The van der Waals surface area contributed by atoms with Gasteiger partial charge in [0.25, 0.3) is 0 Å². The van der Waals surface area contributed by atoms with Crippen LogP contribution in [0.1, 0.15) is 18.9 Å². The summed E-state index contributed by atoms with van der Waals surface area (Å²) in [5, 5.41) is 0. The highest BCUT2D eigenvalue weighted by Gasteiger charge is 2.54. The van der Waals surface area contributed by atoms with Crippen LogP contribution in [0.3, 0.4) is 0 Å². The number of fused-ring (bicyclic) bond motifs is 2. The highest BCUT2D eigenvalue weighted by Crippen LogP contribution is 2.46. The molecule has 2 aromatic rings. The molecule has 2 aromatic carbocycles. The van der Waals surface area contributed by atoms with E-state index in [1.807, 2.05) is 37.3 Å². The minimum Gasteiger partial charge on any atom is -0.367 e. The Labute approximate surface area is 148 Å². The van der Waals surface area contributed by atoms with Crippen LogP contribution in [0.15, 0.2) is 76.5 Å². The van der Waals surface area contributed by atoms with Crippen LogP contribution < -0.4 is 0 Å². The summed E-state index contributed by atoms with van der Waals surface area (Å²) in [6.45, 7) is 2.37. The summed E-state index contributed by atoms with van der Waals surface area (Å²) in [5.74, 6) is 0. The first-order chi connectivity index (χ1) is 12.0. The number of ether oxygens (including phenoxy) is 2. The molecule has 0 aliphatic carbocycles. The smallest absolute Gasteiger partial charge is 0.205 e. The number of rotatable bonds is 5. The molecule has 25 heavy (non-hydrogen) atoms. The number of hydrogen-bond acceptors (Lipinski definition) is 4. The number of benzene rings is 2. The minimum atomic E-state index is -3.57. The molecule has 4 rings (SSSR count). The predicted octanol–water partition coefficient (Wildman–Crippen LogP) is 3.49. The Bertz CT molecular complexity index is 890. The van der Waals surface area contributed by atoms with E-state index < -0.39 is 21.5 Å². The Hall–Kier alpha value is -1.95. The van der Waals surface area contributed by atoms with Crippen LogP contribution in [0.4, 0.5) is 0 Å². The van der Waals surface area contributed by atoms with E-state index in [4.69, 9.17) is 9.47 Å². The van der Waals surface area contributed by atoms with Gasteiger partial charge in [-0.2, -0.15) is 0 Å². The van der Waals surface area contributed by atoms with Gasteiger partial charge in [0.15, 0.2) is 0 Å². The zero-order chi connectivity index (χ0) is 17.5. The molecule has 0 saturated carbocycles. The van der Waals surface area contributed by atoms with E-state index in [2.05, 4.69) is 0 Å². The van der Waals surface area contributed by atoms with E-state index in [9.17, 15) is 8.42 Å². The fourth-order valence-electron chi connectivity index (χ4n) is 3.53. The van der Waals surface area contributed by atoms with Gasteiger partial charge < -0.3 is 9.47 Å². The van der Waals surface area contributed by atoms with E-state index >= 15 is 0 Å². The fourth-order valence-corrected chi connectivity index (χ4v) is 5.24. The van der Waals surface area contributed by atoms with Crippen molar-refractivity contribution >= 4 is 9.84 Å². The quantitative estimate of drug-likeness (QED) is 0.823. The molecule has 130 valence electrons. The third kappa shape index (κ3) is 2.92. The van der Waals surface area contributed by atoms with Crippen LogP contribution in [0.2, 0.25) is 0 Å². The molecule has 2 aliphatic heterocycles. The lowest BCUT2D eigenvalue weighted by Gasteiger charge is -2.32. The van der Waals surface area contributed by atoms with Gasteiger partial charge in [-0.1, -0.05) is 48.5 Å². The van der Waals surface area contributed by atoms with Crippen LogP contribution in [-0.2, 0) is 25.9 Å². The molecule has 0 spiro atoms. The molecule has 0 N–H and O–H groups in total. The summed E-state index contributed by atoms with van der Waals surface area (Å²) in [5.41, 5.74) is 0.412. The zero-order valence-corrected chi connectivity index (χ0v) is 14.8. The first-order valence-corrected chi connectivity index (χ1v) is 9.83. The molecule has 1 saturated heterocycles. The van der Waals surface area contributed by atoms with Gasteiger partial charge in [0.2, 0.25) is 9.84 Å². The van der Waals surface area contributed by atoms with Crippen molar-refractivity contribution in [2.45, 2.75) is 42.7 Å². The van der Waals surface area contributed by atoms with Gasteiger partial charge >= 0.3 is 0 Å². The highest BCUT2D eigenvalue weighted by atomic mass is 32.2. The zero-order valence-electron chi connectivity index (χ0n) is 14.0. The van der Waals surface area contributed by atoms with Crippen molar-refractivity contribution in [2.24, 2.45) is 0 Å². The second-order valence-electron chi connectivity index (χ2n) is 6.73. The van der Waals surface area contributed by atoms with E-state index in [-0.39, 0.29) is 6.10 Å². The summed E-state index contributed by atoms with van der Waals surface area (Å²) >= 11 is 0. The summed E-state index contributed by atoms with van der Waals surface area (Å²) in [7, 11) is -3.57. The monoisotopic (exact) mass is 356 g/mol. The standard InChI is InChI=1S/C20H20O4S/c1-20(23-14-15-8-4-2-5-9-15)13-16-12-18(19(20)24-16)25(21,22)17-10-6-3-7-11-17/h2-12,16,19H,13-14H2,1H3/t16-,19+,20+/m1/s1. The molecule has 0 amide bonds. The molecule has 5 heteroatoms.